The smallest absolute Gasteiger partial charge is 0.238 e. The van der Waals surface area contributed by atoms with E-state index in [1.165, 1.54) is 0 Å². The van der Waals surface area contributed by atoms with Gasteiger partial charge in [-0.1, -0.05) is 6.07 Å². The van der Waals surface area contributed by atoms with Crippen LogP contribution in [0, 0.1) is 12.8 Å². The van der Waals surface area contributed by atoms with Gasteiger partial charge in [0.25, 0.3) is 0 Å². The second-order valence-corrected chi connectivity index (χ2v) is 6.78. The first kappa shape index (κ1) is 24.7. The highest BCUT2D eigenvalue weighted by Crippen LogP contribution is 2.24. The molecule has 0 aromatic heterocycles. The van der Waals surface area contributed by atoms with Crippen LogP contribution in [0.25, 0.3) is 0 Å². The number of carbonyl (C=O) groups is 2. The molecule has 0 saturated carbocycles. The highest BCUT2D eigenvalue weighted by Gasteiger charge is 2.18. The summed E-state index contributed by atoms with van der Waals surface area (Å²) in [5.41, 5.74) is 2.35. The van der Waals surface area contributed by atoms with Gasteiger partial charge in [-0.05, 0) is 70.6 Å². The van der Waals surface area contributed by atoms with Gasteiger partial charge in [0.2, 0.25) is 11.8 Å². The number of nitrogens with zero attached hydrogens (tertiary/aromatic N) is 1. The maximum Gasteiger partial charge on any atom is 0.238 e. The van der Waals surface area contributed by atoms with E-state index in [9.17, 15) is 9.59 Å². The van der Waals surface area contributed by atoms with Gasteiger partial charge >= 0.3 is 0 Å². The van der Waals surface area contributed by atoms with Crippen LogP contribution in [-0.4, -0.2) is 50.4 Å². The Bertz CT molecular complexity index is 591. The lowest BCUT2D eigenvalue weighted by molar-refractivity contribution is -0.118. The van der Waals surface area contributed by atoms with E-state index < -0.39 is 0 Å². The van der Waals surface area contributed by atoms with Gasteiger partial charge in [-0.2, -0.15) is 0 Å². The Hall–Kier alpha value is -1.34. The number of hydrogen-bond acceptors (Lipinski definition) is 4. The molecule has 8 heteroatoms. The molecule has 1 heterocycles. The summed E-state index contributed by atoms with van der Waals surface area (Å²) in [5, 5.41) is 9.15. The van der Waals surface area contributed by atoms with Crippen molar-refractivity contribution in [1.29, 1.82) is 0 Å². The summed E-state index contributed by atoms with van der Waals surface area (Å²) in [5.74, 6) is 0.344. The molecule has 148 valence electrons. The number of benzene rings is 1. The number of halogens is 2. The van der Waals surface area contributed by atoms with Crippen LogP contribution in [0.4, 0.5) is 11.4 Å². The zero-order valence-corrected chi connectivity index (χ0v) is 17.3. The number of piperidine rings is 1. The van der Waals surface area contributed by atoms with Gasteiger partial charge in [0.15, 0.2) is 0 Å². The molecule has 1 saturated heterocycles. The molecule has 2 amide bonds. The second kappa shape index (κ2) is 12.1. The van der Waals surface area contributed by atoms with Gasteiger partial charge in [0.1, 0.15) is 0 Å². The van der Waals surface area contributed by atoms with Crippen molar-refractivity contribution in [3.8, 4) is 0 Å². The Balaban J connectivity index is 0.00000312. The number of rotatable bonds is 6. The minimum atomic E-state index is -0.0993. The molecule has 0 aliphatic carbocycles. The molecule has 0 spiro atoms. The monoisotopic (exact) mass is 404 g/mol. The van der Waals surface area contributed by atoms with Gasteiger partial charge < -0.3 is 20.9 Å². The van der Waals surface area contributed by atoms with Crippen molar-refractivity contribution in [2.45, 2.75) is 26.2 Å². The van der Waals surface area contributed by atoms with Crippen molar-refractivity contribution in [2.24, 2.45) is 5.92 Å². The van der Waals surface area contributed by atoms with Crippen LogP contribution in [0.15, 0.2) is 18.2 Å². The topological polar surface area (TPSA) is 73.5 Å². The molecule has 1 fully saturated rings. The van der Waals surface area contributed by atoms with E-state index in [-0.39, 0.29) is 36.6 Å². The summed E-state index contributed by atoms with van der Waals surface area (Å²) in [7, 11) is 3.69. The minimum Gasteiger partial charge on any atom is -0.324 e. The molecule has 1 aromatic carbocycles. The predicted octanol–water partition coefficient (Wildman–Crippen LogP) is 2.67. The van der Waals surface area contributed by atoms with Crippen LogP contribution in [0.1, 0.15) is 24.8 Å². The summed E-state index contributed by atoms with van der Waals surface area (Å²) in [6.45, 7) is 4.23. The lowest BCUT2D eigenvalue weighted by Crippen LogP contribution is -2.30. The Morgan fingerprint density at radius 1 is 1.08 bits per heavy atom. The Morgan fingerprint density at radius 3 is 2.31 bits per heavy atom. The molecule has 1 aliphatic heterocycles. The van der Waals surface area contributed by atoms with E-state index in [2.05, 4.69) is 16.0 Å². The average molecular weight is 405 g/mol. The van der Waals surface area contributed by atoms with E-state index >= 15 is 0 Å². The van der Waals surface area contributed by atoms with Crippen LogP contribution in [0.5, 0.6) is 0 Å². The third-order valence-corrected chi connectivity index (χ3v) is 4.12. The molecule has 0 bridgehead atoms. The zero-order valence-electron chi connectivity index (χ0n) is 15.6. The van der Waals surface area contributed by atoms with Crippen LogP contribution in [-0.2, 0) is 9.59 Å². The van der Waals surface area contributed by atoms with Gasteiger partial charge in [0.05, 0.1) is 17.9 Å². The minimum absolute atomic E-state index is 0. The highest BCUT2D eigenvalue weighted by atomic mass is 35.5. The molecule has 6 nitrogen and oxygen atoms in total. The molecular weight excluding hydrogens is 375 g/mol. The summed E-state index contributed by atoms with van der Waals surface area (Å²) >= 11 is 0. The summed E-state index contributed by atoms with van der Waals surface area (Å²) in [6, 6.07) is 5.66. The zero-order chi connectivity index (χ0) is 17.5. The van der Waals surface area contributed by atoms with Crippen LogP contribution in [0.3, 0.4) is 0 Å². The fourth-order valence-corrected chi connectivity index (χ4v) is 2.90. The lowest BCUT2D eigenvalue weighted by Gasteiger charge is -2.22. The summed E-state index contributed by atoms with van der Waals surface area (Å²) in [6.07, 6.45) is 2.60. The first-order chi connectivity index (χ1) is 11.4. The molecular formula is C18H30Cl2N4O2. The molecule has 26 heavy (non-hydrogen) atoms. The number of nitrogens with one attached hydrogen (secondary N) is 3. The number of anilines is 2. The number of hydrogen-bond donors (Lipinski definition) is 3. The van der Waals surface area contributed by atoms with Gasteiger partial charge in [0, 0.05) is 6.42 Å². The first-order valence-electron chi connectivity index (χ1n) is 8.50. The van der Waals surface area contributed by atoms with Crippen molar-refractivity contribution in [2.75, 3.05) is 44.4 Å². The molecule has 0 atom stereocenters. The van der Waals surface area contributed by atoms with Crippen LogP contribution >= 0.6 is 24.8 Å². The number of likely N-dealkylation sites (N-methyl/N-ethyl adjacent to an activating group) is 1. The Labute approximate surface area is 168 Å². The molecule has 2 rings (SSSR count). The molecule has 1 aromatic rings. The van der Waals surface area contributed by atoms with Crippen molar-refractivity contribution < 1.29 is 9.59 Å². The van der Waals surface area contributed by atoms with E-state index in [0.29, 0.717) is 30.3 Å². The highest BCUT2D eigenvalue weighted by molar-refractivity contribution is 6.00. The maximum absolute atomic E-state index is 12.4. The normalized spacial score (nSPS) is 14.2. The number of amides is 2. The Kier molecular flexibility index (Phi) is 11.5. The molecule has 0 radical (unpaired) electrons. The van der Waals surface area contributed by atoms with E-state index in [1.807, 2.05) is 39.2 Å². The summed E-state index contributed by atoms with van der Waals surface area (Å²) in [4.78, 5) is 26.2. The molecule has 3 N–H and O–H groups in total. The van der Waals surface area contributed by atoms with Crippen LogP contribution in [0.2, 0.25) is 0 Å². The van der Waals surface area contributed by atoms with Crippen molar-refractivity contribution in [1.82, 2.24) is 10.2 Å². The van der Waals surface area contributed by atoms with Crippen molar-refractivity contribution >= 4 is 48.0 Å². The molecule has 1 aliphatic rings. The van der Waals surface area contributed by atoms with Crippen LogP contribution < -0.4 is 16.0 Å². The fraction of sp³-hybridized carbons (Fsp3) is 0.556. The quantitative estimate of drug-likeness (QED) is 0.681. The van der Waals surface area contributed by atoms with Crippen molar-refractivity contribution in [3.05, 3.63) is 23.8 Å². The van der Waals surface area contributed by atoms with Gasteiger partial charge in [-0.25, -0.2) is 0 Å². The van der Waals surface area contributed by atoms with Crippen molar-refractivity contribution in [3.63, 3.8) is 0 Å². The predicted molar refractivity (Wildman–Crippen MR) is 112 cm³/mol. The lowest BCUT2D eigenvalue weighted by atomic mass is 9.94. The third kappa shape index (κ3) is 8.36. The van der Waals surface area contributed by atoms with Gasteiger partial charge in [-0.3, -0.25) is 9.59 Å². The first-order valence-corrected chi connectivity index (χ1v) is 8.50. The Morgan fingerprint density at radius 2 is 1.69 bits per heavy atom. The maximum atomic E-state index is 12.4. The largest absolute Gasteiger partial charge is 0.324 e. The second-order valence-electron chi connectivity index (χ2n) is 6.78. The number of carbonyl (C=O) groups excluding carboxylic acids is 2. The van der Waals surface area contributed by atoms with E-state index in [1.54, 1.807) is 4.90 Å². The van der Waals surface area contributed by atoms with Gasteiger partial charge in [-0.15, -0.1) is 24.8 Å². The summed E-state index contributed by atoms with van der Waals surface area (Å²) < 4.78 is 0. The fourth-order valence-electron chi connectivity index (χ4n) is 2.90. The van der Waals surface area contributed by atoms with E-state index in [4.69, 9.17) is 0 Å². The third-order valence-electron chi connectivity index (χ3n) is 4.12. The standard InChI is InChI=1S/C18H28N4O2.2ClH/c1-13-4-5-15(20-18(24)12-22(2)3)16(10-13)21-17(23)11-14-6-8-19-9-7-14;;/h4-5,10,14,19H,6-9,11-12H2,1-3H3,(H,20,24)(H,21,23);2*1H. The SMILES string of the molecule is Cc1ccc(NC(=O)CN(C)C)c(NC(=O)CC2CCNCC2)c1.Cl.Cl. The molecule has 0 unspecified atom stereocenters. The number of aryl methyl sites for hydroxylation is 1. The average Bonchev–Trinajstić information content (AvgIpc) is 2.50. The van der Waals surface area contributed by atoms with E-state index in [0.717, 1.165) is 31.5 Å².